The van der Waals surface area contributed by atoms with Crippen LogP contribution < -0.4 is 4.74 Å². The lowest BCUT2D eigenvalue weighted by Crippen LogP contribution is -1.94. The number of ether oxygens (including phenoxy) is 1. The van der Waals surface area contributed by atoms with Crippen LogP contribution in [0.2, 0.25) is 0 Å². The Balaban J connectivity index is 2.18. The molecule has 3 rings (SSSR count). The molecule has 0 spiro atoms. The van der Waals surface area contributed by atoms with E-state index in [0.717, 1.165) is 28.3 Å². The van der Waals surface area contributed by atoms with Crippen molar-refractivity contribution in [2.45, 2.75) is 6.92 Å². The summed E-state index contributed by atoms with van der Waals surface area (Å²) in [5.41, 5.74) is 2.44. The first-order valence-electron chi connectivity index (χ1n) is 5.97. The maximum absolute atomic E-state index is 10.8. The first-order valence-corrected chi connectivity index (χ1v) is 6.85. The Labute approximate surface area is 114 Å². The Morgan fingerprint density at radius 2 is 2.26 bits per heavy atom. The average molecular weight is 272 g/mol. The number of imidazole rings is 1. The topological polar surface area (TPSA) is 43.6 Å². The molecule has 0 saturated heterocycles. The molecule has 5 heteroatoms. The molecular formula is C14H12N2O2S. The van der Waals surface area contributed by atoms with E-state index in [9.17, 15) is 4.79 Å². The minimum atomic E-state index is 0.446. The highest BCUT2D eigenvalue weighted by Crippen LogP contribution is 2.33. The molecule has 2 heterocycles. The van der Waals surface area contributed by atoms with Gasteiger partial charge < -0.3 is 4.74 Å². The Morgan fingerprint density at radius 1 is 1.42 bits per heavy atom. The fraction of sp³-hybridized carbons (Fsp3) is 0.143. The summed E-state index contributed by atoms with van der Waals surface area (Å²) in [6.07, 6.45) is 2.51. The standard InChI is InChI=1S/C14H12N2O2S/c1-2-18-13-6-4-3-5-11(13)12-9-19-14-15-10(8-17)7-16(12)14/h3-9H,2H2,1H3. The van der Waals surface area contributed by atoms with Crippen LogP contribution >= 0.6 is 11.3 Å². The van der Waals surface area contributed by atoms with Crippen LogP contribution in [0.15, 0.2) is 35.8 Å². The lowest BCUT2D eigenvalue weighted by Gasteiger charge is -2.08. The largest absolute Gasteiger partial charge is 0.493 e. The zero-order valence-electron chi connectivity index (χ0n) is 10.4. The van der Waals surface area contributed by atoms with Gasteiger partial charge in [-0.2, -0.15) is 0 Å². The van der Waals surface area contributed by atoms with Gasteiger partial charge in [-0.05, 0) is 19.1 Å². The van der Waals surface area contributed by atoms with Gasteiger partial charge in [0, 0.05) is 17.1 Å². The second kappa shape index (κ2) is 4.85. The van der Waals surface area contributed by atoms with Crippen LogP contribution in [-0.4, -0.2) is 22.3 Å². The normalized spacial score (nSPS) is 10.8. The molecule has 0 aliphatic carbocycles. The summed E-state index contributed by atoms with van der Waals surface area (Å²) < 4.78 is 7.57. The molecule has 0 unspecified atom stereocenters. The number of carbonyl (C=O) groups is 1. The number of hydrogen-bond acceptors (Lipinski definition) is 4. The summed E-state index contributed by atoms with van der Waals surface area (Å²) in [6, 6.07) is 7.87. The van der Waals surface area contributed by atoms with E-state index in [1.165, 1.54) is 11.3 Å². The molecular weight excluding hydrogens is 260 g/mol. The smallest absolute Gasteiger partial charge is 0.194 e. The van der Waals surface area contributed by atoms with Gasteiger partial charge in [-0.3, -0.25) is 9.20 Å². The molecule has 0 amide bonds. The summed E-state index contributed by atoms with van der Waals surface area (Å²) in [5.74, 6) is 0.839. The molecule has 0 aliphatic heterocycles. The lowest BCUT2D eigenvalue weighted by atomic mass is 10.1. The van der Waals surface area contributed by atoms with Crippen LogP contribution in [0.1, 0.15) is 17.4 Å². The van der Waals surface area contributed by atoms with Gasteiger partial charge in [0.15, 0.2) is 11.2 Å². The predicted molar refractivity (Wildman–Crippen MR) is 75.1 cm³/mol. The minimum absolute atomic E-state index is 0.446. The SMILES string of the molecule is CCOc1ccccc1-c1csc2nc(C=O)cn12. The molecule has 1 aromatic carbocycles. The molecule has 0 fully saturated rings. The van der Waals surface area contributed by atoms with Crippen molar-refractivity contribution < 1.29 is 9.53 Å². The van der Waals surface area contributed by atoms with Crippen molar-refractivity contribution in [3.05, 3.63) is 41.5 Å². The highest BCUT2D eigenvalue weighted by Gasteiger charge is 2.12. The van der Waals surface area contributed by atoms with E-state index in [2.05, 4.69) is 4.98 Å². The molecule has 0 N–H and O–H groups in total. The van der Waals surface area contributed by atoms with Gasteiger partial charge in [-0.1, -0.05) is 12.1 Å². The Bertz CT molecular complexity index is 730. The molecule has 0 bridgehead atoms. The van der Waals surface area contributed by atoms with Crippen molar-refractivity contribution >= 4 is 22.6 Å². The zero-order valence-corrected chi connectivity index (χ0v) is 11.2. The van der Waals surface area contributed by atoms with Gasteiger partial charge in [-0.25, -0.2) is 4.98 Å². The monoisotopic (exact) mass is 272 g/mol. The van der Waals surface area contributed by atoms with E-state index in [1.807, 2.05) is 41.0 Å². The van der Waals surface area contributed by atoms with Crippen LogP contribution in [0.5, 0.6) is 5.75 Å². The number of rotatable bonds is 4. The number of nitrogens with zero attached hydrogens (tertiary/aromatic N) is 2. The summed E-state index contributed by atoms with van der Waals surface area (Å²) in [6.45, 7) is 2.58. The Morgan fingerprint density at radius 3 is 3.05 bits per heavy atom. The third-order valence-corrected chi connectivity index (χ3v) is 3.65. The predicted octanol–water partition coefficient (Wildman–Crippen LogP) is 3.27. The Hall–Kier alpha value is -2.14. The second-order valence-corrected chi connectivity index (χ2v) is 4.82. The molecule has 0 saturated carbocycles. The summed E-state index contributed by atoms with van der Waals surface area (Å²) in [7, 11) is 0. The quantitative estimate of drug-likeness (QED) is 0.685. The number of para-hydroxylation sites is 1. The zero-order chi connectivity index (χ0) is 13.2. The third-order valence-electron chi connectivity index (χ3n) is 2.81. The fourth-order valence-electron chi connectivity index (χ4n) is 2.01. The number of benzene rings is 1. The van der Waals surface area contributed by atoms with Crippen molar-refractivity contribution in [2.24, 2.45) is 0 Å². The molecule has 0 aliphatic rings. The van der Waals surface area contributed by atoms with E-state index in [0.29, 0.717) is 12.3 Å². The van der Waals surface area contributed by atoms with Gasteiger partial charge in [0.25, 0.3) is 0 Å². The van der Waals surface area contributed by atoms with Gasteiger partial charge in [0.05, 0.1) is 12.3 Å². The molecule has 96 valence electrons. The number of aromatic nitrogens is 2. The first kappa shape index (κ1) is 11.9. The average Bonchev–Trinajstić information content (AvgIpc) is 2.99. The van der Waals surface area contributed by atoms with Crippen molar-refractivity contribution in [3.8, 4) is 17.0 Å². The molecule has 19 heavy (non-hydrogen) atoms. The second-order valence-electron chi connectivity index (χ2n) is 3.99. The van der Waals surface area contributed by atoms with Gasteiger partial charge in [0.1, 0.15) is 11.4 Å². The van der Waals surface area contributed by atoms with Crippen molar-refractivity contribution in [1.82, 2.24) is 9.38 Å². The number of carbonyl (C=O) groups excluding carboxylic acids is 1. The fourth-order valence-corrected chi connectivity index (χ4v) is 2.89. The van der Waals surface area contributed by atoms with Crippen LogP contribution in [0.3, 0.4) is 0 Å². The van der Waals surface area contributed by atoms with Crippen molar-refractivity contribution in [3.63, 3.8) is 0 Å². The molecule has 0 atom stereocenters. The maximum Gasteiger partial charge on any atom is 0.194 e. The van der Waals surface area contributed by atoms with E-state index < -0.39 is 0 Å². The van der Waals surface area contributed by atoms with Crippen molar-refractivity contribution in [2.75, 3.05) is 6.61 Å². The Kier molecular flexibility index (Phi) is 3.05. The third kappa shape index (κ3) is 2.02. The lowest BCUT2D eigenvalue weighted by molar-refractivity contribution is 0.111. The maximum atomic E-state index is 10.8. The number of thiazole rings is 1. The number of fused-ring (bicyclic) bond motifs is 1. The summed E-state index contributed by atoms with van der Waals surface area (Å²) in [5, 5.41) is 2.02. The van der Waals surface area contributed by atoms with Crippen LogP contribution in [0.4, 0.5) is 0 Å². The highest BCUT2D eigenvalue weighted by molar-refractivity contribution is 7.15. The van der Waals surface area contributed by atoms with Gasteiger partial charge in [-0.15, -0.1) is 11.3 Å². The molecule has 2 aromatic heterocycles. The van der Waals surface area contributed by atoms with E-state index in [1.54, 1.807) is 6.20 Å². The summed E-state index contributed by atoms with van der Waals surface area (Å²) in [4.78, 5) is 15.8. The van der Waals surface area contributed by atoms with Crippen molar-refractivity contribution in [1.29, 1.82) is 0 Å². The molecule has 4 nitrogen and oxygen atoms in total. The number of aldehydes is 1. The number of hydrogen-bond donors (Lipinski definition) is 0. The van der Waals surface area contributed by atoms with Crippen LogP contribution in [-0.2, 0) is 0 Å². The van der Waals surface area contributed by atoms with Gasteiger partial charge in [0.2, 0.25) is 0 Å². The van der Waals surface area contributed by atoms with E-state index >= 15 is 0 Å². The first-order chi connectivity index (χ1) is 9.33. The van der Waals surface area contributed by atoms with Crippen LogP contribution in [0.25, 0.3) is 16.2 Å². The van der Waals surface area contributed by atoms with E-state index in [4.69, 9.17) is 4.74 Å². The van der Waals surface area contributed by atoms with Crippen LogP contribution in [0, 0.1) is 0 Å². The van der Waals surface area contributed by atoms with Gasteiger partial charge >= 0.3 is 0 Å². The highest BCUT2D eigenvalue weighted by atomic mass is 32.1. The molecule has 3 aromatic rings. The summed E-state index contributed by atoms with van der Waals surface area (Å²) >= 11 is 1.51. The van der Waals surface area contributed by atoms with E-state index in [-0.39, 0.29) is 0 Å². The molecule has 0 radical (unpaired) electrons. The minimum Gasteiger partial charge on any atom is -0.493 e.